The van der Waals surface area contributed by atoms with Crippen LogP contribution in [0.15, 0.2) is 24.3 Å². The van der Waals surface area contributed by atoms with E-state index in [4.69, 9.17) is 4.74 Å². The highest BCUT2D eigenvalue weighted by molar-refractivity contribution is 5.50. The molecule has 1 saturated heterocycles. The average molecular weight is 262 g/mol. The van der Waals surface area contributed by atoms with Gasteiger partial charge in [-0.25, -0.2) is 0 Å². The van der Waals surface area contributed by atoms with E-state index in [9.17, 15) is 0 Å². The van der Waals surface area contributed by atoms with Gasteiger partial charge in [-0.15, -0.1) is 0 Å². The molecule has 0 aromatic heterocycles. The minimum Gasteiger partial charge on any atom is -0.384 e. The molecule has 0 aliphatic carbocycles. The molecule has 1 aromatic carbocycles. The van der Waals surface area contributed by atoms with Crippen LogP contribution in [0.1, 0.15) is 26.3 Å². The van der Waals surface area contributed by atoms with E-state index < -0.39 is 0 Å². The Morgan fingerprint density at radius 1 is 1.37 bits per heavy atom. The zero-order chi connectivity index (χ0) is 13.9. The van der Waals surface area contributed by atoms with Gasteiger partial charge in [0.15, 0.2) is 0 Å². The lowest BCUT2D eigenvalue weighted by atomic mass is 10.1. The average Bonchev–Trinajstić information content (AvgIpc) is 2.29. The maximum Gasteiger partial charge on any atom is 0.0757 e. The van der Waals surface area contributed by atoms with E-state index in [1.54, 1.807) is 0 Å². The van der Waals surface area contributed by atoms with Crippen LogP contribution in [0.3, 0.4) is 0 Å². The first-order chi connectivity index (χ1) is 8.96. The molecule has 2 rings (SSSR count). The van der Waals surface area contributed by atoms with E-state index in [1.165, 1.54) is 11.3 Å². The highest BCUT2D eigenvalue weighted by Gasteiger charge is 2.30. The van der Waals surface area contributed by atoms with Crippen LogP contribution >= 0.6 is 0 Å². The number of aryl methyl sites for hydroxylation is 1. The summed E-state index contributed by atoms with van der Waals surface area (Å²) in [6, 6.07) is 8.44. The molecule has 19 heavy (non-hydrogen) atoms. The molecular weight excluding hydrogens is 236 g/mol. The largest absolute Gasteiger partial charge is 0.384 e. The van der Waals surface area contributed by atoms with E-state index in [-0.39, 0.29) is 5.60 Å². The standard InChI is InChI=1S/C16H26N2O/c1-13-7-5-6-8-15(13)17-9-10-18-11-14(2)19-16(3,4)12-18/h5-8,14,17H,9-12H2,1-4H3. The van der Waals surface area contributed by atoms with Gasteiger partial charge in [0.1, 0.15) is 0 Å². The summed E-state index contributed by atoms with van der Waals surface area (Å²) < 4.78 is 5.93. The number of para-hydroxylation sites is 1. The van der Waals surface area contributed by atoms with Gasteiger partial charge in [-0.05, 0) is 39.3 Å². The van der Waals surface area contributed by atoms with Gasteiger partial charge in [-0.1, -0.05) is 18.2 Å². The lowest BCUT2D eigenvalue weighted by Gasteiger charge is -2.41. The molecule has 1 heterocycles. The van der Waals surface area contributed by atoms with Gasteiger partial charge in [0.25, 0.3) is 0 Å². The van der Waals surface area contributed by atoms with Crippen LogP contribution in [0, 0.1) is 6.92 Å². The van der Waals surface area contributed by atoms with Crippen molar-refractivity contribution in [3.8, 4) is 0 Å². The molecule has 0 amide bonds. The molecule has 1 fully saturated rings. The molecule has 1 unspecified atom stereocenters. The summed E-state index contributed by atoms with van der Waals surface area (Å²) in [5, 5.41) is 3.52. The van der Waals surface area contributed by atoms with E-state index >= 15 is 0 Å². The van der Waals surface area contributed by atoms with Crippen LogP contribution in [0.25, 0.3) is 0 Å². The second-order valence-corrected chi connectivity index (χ2v) is 6.16. The second-order valence-electron chi connectivity index (χ2n) is 6.16. The molecule has 1 aromatic rings. The first-order valence-corrected chi connectivity index (χ1v) is 7.16. The molecule has 106 valence electrons. The highest BCUT2D eigenvalue weighted by Crippen LogP contribution is 2.20. The van der Waals surface area contributed by atoms with Crippen LogP contribution in [0.2, 0.25) is 0 Å². The van der Waals surface area contributed by atoms with Crippen molar-refractivity contribution in [3.63, 3.8) is 0 Å². The van der Waals surface area contributed by atoms with E-state index in [0.29, 0.717) is 6.10 Å². The summed E-state index contributed by atoms with van der Waals surface area (Å²) in [5.41, 5.74) is 2.52. The third kappa shape index (κ3) is 4.22. The zero-order valence-corrected chi connectivity index (χ0v) is 12.6. The van der Waals surface area contributed by atoms with Crippen LogP contribution in [0.4, 0.5) is 5.69 Å². The fourth-order valence-corrected chi connectivity index (χ4v) is 2.88. The van der Waals surface area contributed by atoms with Gasteiger partial charge < -0.3 is 10.1 Å². The Balaban J connectivity index is 1.81. The van der Waals surface area contributed by atoms with Gasteiger partial charge >= 0.3 is 0 Å². The summed E-state index contributed by atoms with van der Waals surface area (Å²) in [5.74, 6) is 0. The second kappa shape index (κ2) is 5.93. The molecule has 3 nitrogen and oxygen atoms in total. The monoisotopic (exact) mass is 262 g/mol. The van der Waals surface area contributed by atoms with Gasteiger partial charge in [-0.2, -0.15) is 0 Å². The third-order valence-corrected chi connectivity index (χ3v) is 3.53. The highest BCUT2D eigenvalue weighted by atomic mass is 16.5. The molecule has 0 radical (unpaired) electrons. The van der Waals surface area contributed by atoms with Gasteiger partial charge in [-0.3, -0.25) is 4.90 Å². The summed E-state index contributed by atoms with van der Waals surface area (Å²) >= 11 is 0. The molecule has 1 N–H and O–H groups in total. The lowest BCUT2D eigenvalue weighted by molar-refractivity contribution is -0.127. The number of morpholine rings is 1. The number of benzene rings is 1. The Bertz CT molecular complexity index is 417. The van der Waals surface area contributed by atoms with Gasteiger partial charge in [0.05, 0.1) is 11.7 Å². The Labute approximate surface area is 116 Å². The van der Waals surface area contributed by atoms with E-state index in [0.717, 1.165) is 26.2 Å². The van der Waals surface area contributed by atoms with Crippen molar-refractivity contribution in [1.82, 2.24) is 4.90 Å². The quantitative estimate of drug-likeness (QED) is 0.903. The molecule has 0 bridgehead atoms. The lowest BCUT2D eigenvalue weighted by Crippen LogP contribution is -2.52. The number of anilines is 1. The van der Waals surface area contributed by atoms with Gasteiger partial charge in [0, 0.05) is 31.9 Å². The number of ether oxygens (including phenoxy) is 1. The molecular formula is C16H26N2O. The molecule has 1 aliphatic rings. The van der Waals surface area contributed by atoms with Crippen molar-refractivity contribution in [3.05, 3.63) is 29.8 Å². The van der Waals surface area contributed by atoms with E-state index in [2.05, 4.69) is 62.2 Å². The SMILES string of the molecule is Cc1ccccc1NCCN1CC(C)OC(C)(C)C1. The third-order valence-electron chi connectivity index (χ3n) is 3.53. The number of rotatable bonds is 4. The molecule has 0 saturated carbocycles. The summed E-state index contributed by atoms with van der Waals surface area (Å²) in [6.45, 7) is 12.7. The fourth-order valence-electron chi connectivity index (χ4n) is 2.88. The Morgan fingerprint density at radius 3 is 2.79 bits per heavy atom. The Kier molecular flexibility index (Phi) is 4.48. The summed E-state index contributed by atoms with van der Waals surface area (Å²) in [4.78, 5) is 2.49. The van der Waals surface area contributed by atoms with Crippen molar-refractivity contribution in [2.24, 2.45) is 0 Å². The Morgan fingerprint density at radius 2 is 2.11 bits per heavy atom. The number of hydrogen-bond acceptors (Lipinski definition) is 3. The van der Waals surface area contributed by atoms with Gasteiger partial charge in [0.2, 0.25) is 0 Å². The predicted molar refractivity (Wildman–Crippen MR) is 80.7 cm³/mol. The topological polar surface area (TPSA) is 24.5 Å². The van der Waals surface area contributed by atoms with Crippen LogP contribution in [-0.2, 0) is 4.74 Å². The first-order valence-electron chi connectivity index (χ1n) is 7.16. The zero-order valence-electron chi connectivity index (χ0n) is 12.6. The molecule has 3 heteroatoms. The van der Waals surface area contributed by atoms with Crippen molar-refractivity contribution in [2.75, 3.05) is 31.5 Å². The maximum absolute atomic E-state index is 5.93. The van der Waals surface area contributed by atoms with E-state index in [1.807, 2.05) is 0 Å². The smallest absolute Gasteiger partial charge is 0.0757 e. The first kappa shape index (κ1) is 14.4. The molecule has 0 spiro atoms. The number of nitrogens with one attached hydrogen (secondary N) is 1. The molecule has 1 atom stereocenters. The number of nitrogens with zero attached hydrogens (tertiary/aromatic N) is 1. The minimum atomic E-state index is -0.0275. The summed E-state index contributed by atoms with van der Waals surface area (Å²) in [6.07, 6.45) is 0.321. The van der Waals surface area contributed by atoms with Crippen molar-refractivity contribution >= 4 is 5.69 Å². The van der Waals surface area contributed by atoms with Crippen LogP contribution in [0.5, 0.6) is 0 Å². The van der Waals surface area contributed by atoms with Crippen LogP contribution < -0.4 is 5.32 Å². The number of hydrogen-bond donors (Lipinski definition) is 1. The van der Waals surface area contributed by atoms with Crippen molar-refractivity contribution in [1.29, 1.82) is 0 Å². The summed E-state index contributed by atoms with van der Waals surface area (Å²) in [7, 11) is 0. The van der Waals surface area contributed by atoms with Crippen molar-refractivity contribution in [2.45, 2.75) is 39.4 Å². The Hall–Kier alpha value is -1.06. The minimum absolute atomic E-state index is 0.0275. The van der Waals surface area contributed by atoms with Crippen molar-refractivity contribution < 1.29 is 4.74 Å². The van der Waals surface area contributed by atoms with Crippen LogP contribution in [-0.4, -0.2) is 42.8 Å². The maximum atomic E-state index is 5.93. The fraction of sp³-hybridized carbons (Fsp3) is 0.625. The predicted octanol–water partition coefficient (Wildman–Crippen LogP) is 2.91. The molecule has 1 aliphatic heterocycles. The normalized spacial score (nSPS) is 23.3.